The topological polar surface area (TPSA) is 83.6 Å². The highest BCUT2D eigenvalue weighted by atomic mass is 16.5. The summed E-state index contributed by atoms with van der Waals surface area (Å²) >= 11 is 0. The summed E-state index contributed by atoms with van der Waals surface area (Å²) in [6.07, 6.45) is 5.56. The van der Waals surface area contributed by atoms with Crippen LogP contribution in [-0.4, -0.2) is 54.1 Å². The highest BCUT2D eigenvalue weighted by molar-refractivity contribution is 5.79. The molecule has 0 aromatic carbocycles. The first-order valence-corrected chi connectivity index (χ1v) is 8.43. The van der Waals surface area contributed by atoms with E-state index in [1.54, 1.807) is 12.4 Å². The average molecular weight is 332 g/mol. The molecule has 0 saturated carbocycles. The summed E-state index contributed by atoms with van der Waals surface area (Å²) < 4.78 is 5.70. The van der Waals surface area contributed by atoms with E-state index < -0.39 is 0 Å². The molecule has 7 heteroatoms. The summed E-state index contributed by atoms with van der Waals surface area (Å²) in [6, 6.07) is 3.59. The third-order valence-electron chi connectivity index (χ3n) is 4.82. The Morgan fingerprint density at radius 3 is 2.92 bits per heavy atom. The molecule has 2 aliphatic heterocycles. The van der Waals surface area contributed by atoms with Gasteiger partial charge in [0.15, 0.2) is 0 Å². The van der Waals surface area contributed by atoms with Crippen molar-refractivity contribution in [2.75, 3.05) is 26.2 Å². The van der Waals surface area contributed by atoms with E-state index in [1.807, 2.05) is 24.0 Å². The quantitative estimate of drug-likeness (QED) is 0.867. The van der Waals surface area contributed by atoms with E-state index in [-0.39, 0.29) is 23.5 Å². The molecule has 0 unspecified atom stereocenters. The third-order valence-corrected chi connectivity index (χ3v) is 4.82. The minimum absolute atomic E-state index is 0.0601. The summed E-state index contributed by atoms with van der Waals surface area (Å²) in [7, 11) is 0. The molecule has 24 heavy (non-hydrogen) atoms. The molecule has 1 spiro atoms. The predicted molar refractivity (Wildman–Crippen MR) is 88.6 cm³/mol. The maximum absolute atomic E-state index is 12.3. The number of carbonyl (C=O) groups is 2. The Bertz CT molecular complexity index is 585. The first-order valence-electron chi connectivity index (χ1n) is 8.43. The average Bonchev–Trinajstić information content (AvgIpc) is 2.95. The smallest absolute Gasteiger partial charge is 0.317 e. The van der Waals surface area contributed by atoms with Crippen molar-refractivity contribution < 1.29 is 14.3 Å². The van der Waals surface area contributed by atoms with Crippen LogP contribution in [-0.2, 0) is 4.79 Å². The van der Waals surface area contributed by atoms with Gasteiger partial charge in [-0.05, 0) is 37.3 Å². The van der Waals surface area contributed by atoms with Crippen LogP contribution in [0.25, 0.3) is 0 Å². The number of rotatable bonds is 4. The Morgan fingerprint density at radius 1 is 1.50 bits per heavy atom. The fraction of sp³-hybridized carbons (Fsp3) is 0.588. The number of ether oxygens (including phenoxy) is 1. The monoisotopic (exact) mass is 332 g/mol. The summed E-state index contributed by atoms with van der Waals surface area (Å²) in [5, 5.41) is 5.83. The number of piperidine rings is 1. The Morgan fingerprint density at radius 2 is 2.29 bits per heavy atom. The summed E-state index contributed by atoms with van der Waals surface area (Å²) in [6.45, 7) is 4.48. The Kier molecular flexibility index (Phi) is 4.87. The Balaban J connectivity index is 1.40. The number of aromatic nitrogens is 1. The molecule has 0 bridgehead atoms. The lowest BCUT2D eigenvalue weighted by atomic mass is 9.78. The molecule has 0 radical (unpaired) electrons. The predicted octanol–water partition coefficient (Wildman–Crippen LogP) is 1.16. The van der Waals surface area contributed by atoms with E-state index in [9.17, 15) is 9.59 Å². The van der Waals surface area contributed by atoms with Gasteiger partial charge in [-0.2, -0.15) is 0 Å². The van der Waals surface area contributed by atoms with Crippen molar-refractivity contribution in [2.45, 2.75) is 32.3 Å². The van der Waals surface area contributed by atoms with Crippen LogP contribution in [0.5, 0.6) is 5.75 Å². The lowest BCUT2D eigenvalue weighted by molar-refractivity contribution is -0.119. The number of urea groups is 1. The van der Waals surface area contributed by atoms with Gasteiger partial charge in [-0.1, -0.05) is 0 Å². The molecule has 3 heterocycles. The van der Waals surface area contributed by atoms with Crippen LogP contribution in [0, 0.1) is 5.41 Å². The second-order valence-electron chi connectivity index (χ2n) is 6.74. The van der Waals surface area contributed by atoms with Crippen molar-refractivity contribution >= 4 is 11.9 Å². The second-order valence-corrected chi connectivity index (χ2v) is 6.74. The Labute approximate surface area is 141 Å². The molecule has 3 rings (SSSR count). The van der Waals surface area contributed by atoms with Crippen molar-refractivity contribution in [1.82, 2.24) is 20.5 Å². The minimum Gasteiger partial charge on any atom is -0.487 e. The lowest BCUT2D eigenvalue weighted by Gasteiger charge is -2.38. The zero-order valence-electron chi connectivity index (χ0n) is 14.0. The number of hydrogen-bond donors (Lipinski definition) is 2. The van der Waals surface area contributed by atoms with Gasteiger partial charge in [-0.3, -0.25) is 9.78 Å². The van der Waals surface area contributed by atoms with Crippen LogP contribution in [0.15, 0.2) is 24.5 Å². The van der Waals surface area contributed by atoms with Gasteiger partial charge < -0.3 is 20.3 Å². The minimum atomic E-state index is -0.133. The van der Waals surface area contributed by atoms with Crippen LogP contribution in [0.3, 0.4) is 0 Å². The van der Waals surface area contributed by atoms with Gasteiger partial charge in [-0.15, -0.1) is 0 Å². The number of amides is 3. The standard InChI is InChI=1S/C17H24N4O3/c1-13(24-14-3-2-6-18-11-14)10-19-16(23)21-7-4-17(5-8-21)9-15(22)20-12-17/h2-3,6,11,13H,4-5,7-10,12H2,1H3,(H,19,23)(H,20,22)/t13-/m1/s1. The van der Waals surface area contributed by atoms with Crippen molar-refractivity contribution in [2.24, 2.45) is 5.41 Å². The van der Waals surface area contributed by atoms with Crippen LogP contribution in [0.2, 0.25) is 0 Å². The molecule has 2 aliphatic rings. The summed E-state index contributed by atoms with van der Waals surface area (Å²) in [4.78, 5) is 29.5. The molecule has 130 valence electrons. The van der Waals surface area contributed by atoms with Gasteiger partial charge in [-0.25, -0.2) is 4.79 Å². The van der Waals surface area contributed by atoms with Crippen LogP contribution in [0.4, 0.5) is 4.79 Å². The van der Waals surface area contributed by atoms with Gasteiger partial charge in [0.05, 0.1) is 12.7 Å². The number of hydrogen-bond acceptors (Lipinski definition) is 4. The molecule has 1 aromatic heterocycles. The SMILES string of the molecule is C[C@H](CNC(=O)N1CCC2(CC1)CNC(=O)C2)Oc1cccnc1. The molecule has 1 atom stereocenters. The number of nitrogens with zero attached hydrogens (tertiary/aromatic N) is 2. The van der Waals surface area contributed by atoms with Gasteiger partial charge in [0.25, 0.3) is 0 Å². The summed E-state index contributed by atoms with van der Waals surface area (Å²) in [5.74, 6) is 0.826. The lowest BCUT2D eigenvalue weighted by Crippen LogP contribution is -2.49. The van der Waals surface area contributed by atoms with E-state index in [4.69, 9.17) is 4.74 Å². The van der Waals surface area contributed by atoms with Crippen LogP contribution < -0.4 is 15.4 Å². The Hall–Kier alpha value is -2.31. The molecule has 1 aromatic rings. The molecule has 3 amide bonds. The van der Waals surface area contributed by atoms with E-state index >= 15 is 0 Å². The van der Waals surface area contributed by atoms with Crippen molar-refractivity contribution in [1.29, 1.82) is 0 Å². The van der Waals surface area contributed by atoms with Crippen LogP contribution >= 0.6 is 0 Å². The highest BCUT2D eigenvalue weighted by Gasteiger charge is 2.41. The maximum atomic E-state index is 12.3. The van der Waals surface area contributed by atoms with E-state index in [1.165, 1.54) is 0 Å². The van der Waals surface area contributed by atoms with Crippen LogP contribution in [0.1, 0.15) is 26.2 Å². The molecule has 0 aliphatic carbocycles. The fourth-order valence-electron chi connectivity index (χ4n) is 3.32. The van der Waals surface area contributed by atoms with Gasteiger partial charge in [0, 0.05) is 32.3 Å². The zero-order chi connectivity index (χ0) is 17.0. The van der Waals surface area contributed by atoms with Crippen molar-refractivity contribution in [3.05, 3.63) is 24.5 Å². The summed E-state index contributed by atoms with van der Waals surface area (Å²) in [5.41, 5.74) is 0.0601. The normalized spacial score (nSPS) is 20.5. The highest BCUT2D eigenvalue weighted by Crippen LogP contribution is 2.37. The molecule has 7 nitrogen and oxygen atoms in total. The number of likely N-dealkylation sites (tertiary alicyclic amines) is 1. The third kappa shape index (κ3) is 3.96. The van der Waals surface area contributed by atoms with Crippen molar-refractivity contribution in [3.63, 3.8) is 0 Å². The maximum Gasteiger partial charge on any atom is 0.317 e. The largest absolute Gasteiger partial charge is 0.487 e. The second kappa shape index (κ2) is 7.07. The van der Waals surface area contributed by atoms with Gasteiger partial charge in [0.2, 0.25) is 5.91 Å². The molecular weight excluding hydrogens is 308 g/mol. The first-order chi connectivity index (χ1) is 11.6. The molecule has 2 fully saturated rings. The molecule has 2 N–H and O–H groups in total. The number of nitrogens with one attached hydrogen (secondary N) is 2. The zero-order valence-corrected chi connectivity index (χ0v) is 14.0. The van der Waals surface area contributed by atoms with E-state index in [2.05, 4.69) is 15.6 Å². The molecule has 2 saturated heterocycles. The van der Waals surface area contributed by atoms with Gasteiger partial charge >= 0.3 is 6.03 Å². The first kappa shape index (κ1) is 16.5. The van der Waals surface area contributed by atoms with E-state index in [0.717, 1.165) is 19.4 Å². The fourth-order valence-corrected chi connectivity index (χ4v) is 3.32. The molecular formula is C17H24N4O3. The van der Waals surface area contributed by atoms with E-state index in [0.29, 0.717) is 31.8 Å². The van der Waals surface area contributed by atoms with Gasteiger partial charge in [0.1, 0.15) is 11.9 Å². The number of pyridine rings is 1. The van der Waals surface area contributed by atoms with Crippen molar-refractivity contribution in [3.8, 4) is 5.75 Å². The number of carbonyl (C=O) groups excluding carboxylic acids is 2.